The van der Waals surface area contributed by atoms with Crippen LogP contribution in [-0.4, -0.2) is 28.9 Å². The molecule has 168 valence electrons. The van der Waals surface area contributed by atoms with Gasteiger partial charge >= 0.3 is 0 Å². The van der Waals surface area contributed by atoms with Crippen LogP contribution in [0.15, 0.2) is 77.0 Å². The maximum Gasteiger partial charge on any atom is 0.300 e. The zero-order valence-corrected chi connectivity index (χ0v) is 20.0. The number of pyridine rings is 1. The molecular formula is C26H23BrN2O4. The lowest BCUT2D eigenvalue weighted by atomic mass is 9.93. The van der Waals surface area contributed by atoms with E-state index in [4.69, 9.17) is 4.74 Å². The van der Waals surface area contributed by atoms with Gasteiger partial charge < -0.3 is 9.84 Å². The van der Waals surface area contributed by atoms with E-state index in [1.54, 1.807) is 74.1 Å². The van der Waals surface area contributed by atoms with Gasteiger partial charge in [0, 0.05) is 28.1 Å². The van der Waals surface area contributed by atoms with Crippen molar-refractivity contribution >= 4 is 39.1 Å². The fourth-order valence-corrected chi connectivity index (χ4v) is 4.31. The van der Waals surface area contributed by atoms with Crippen LogP contribution in [0.1, 0.15) is 42.5 Å². The highest BCUT2D eigenvalue weighted by atomic mass is 79.9. The van der Waals surface area contributed by atoms with E-state index in [1.165, 1.54) is 4.90 Å². The Morgan fingerprint density at radius 3 is 2.33 bits per heavy atom. The minimum atomic E-state index is -0.793. The summed E-state index contributed by atoms with van der Waals surface area (Å²) < 4.78 is 6.29. The predicted molar refractivity (Wildman–Crippen MR) is 130 cm³/mol. The first-order chi connectivity index (χ1) is 15.8. The molecule has 2 aromatic carbocycles. The first kappa shape index (κ1) is 22.7. The van der Waals surface area contributed by atoms with E-state index >= 15 is 0 Å². The number of ether oxygens (including phenoxy) is 1. The Hall–Kier alpha value is -3.45. The number of aromatic nitrogens is 1. The van der Waals surface area contributed by atoms with Gasteiger partial charge in [0.15, 0.2) is 0 Å². The van der Waals surface area contributed by atoms with Gasteiger partial charge in [0.05, 0.1) is 18.7 Å². The number of ketones is 1. The molecule has 0 radical (unpaired) electrons. The summed E-state index contributed by atoms with van der Waals surface area (Å²) in [6.45, 7) is 4.04. The number of methoxy groups -OCH3 is 1. The number of benzene rings is 2. The maximum absolute atomic E-state index is 13.2. The number of carbonyl (C=O) groups is 2. The molecule has 0 saturated carbocycles. The van der Waals surface area contributed by atoms with E-state index in [2.05, 4.69) is 20.9 Å². The van der Waals surface area contributed by atoms with Crippen LogP contribution in [0.4, 0.5) is 5.69 Å². The van der Waals surface area contributed by atoms with Gasteiger partial charge in [-0.25, -0.2) is 0 Å². The standard InChI is InChI=1S/C26H23BrN2O4/c1-15(2)20-14-17(4-9-21(20)33-3)24(30)22-23(16-10-12-28-13-11-16)29(26(32)25(22)31)19-7-5-18(27)6-8-19/h4-15,23,30H,1-3H3/b24-22-. The molecule has 1 aliphatic heterocycles. The molecule has 1 unspecified atom stereocenters. The molecule has 0 spiro atoms. The minimum Gasteiger partial charge on any atom is -0.507 e. The van der Waals surface area contributed by atoms with E-state index in [0.29, 0.717) is 22.6 Å². The summed E-state index contributed by atoms with van der Waals surface area (Å²) in [6, 6.07) is 15.1. The Morgan fingerprint density at radius 2 is 1.73 bits per heavy atom. The molecule has 0 aliphatic carbocycles. The zero-order chi connectivity index (χ0) is 23.7. The molecule has 6 nitrogen and oxygen atoms in total. The third-order valence-electron chi connectivity index (χ3n) is 5.70. The van der Waals surface area contributed by atoms with Crippen LogP contribution in [0, 0.1) is 0 Å². The number of carbonyl (C=O) groups excluding carboxylic acids is 2. The van der Waals surface area contributed by atoms with Crippen LogP contribution in [0.5, 0.6) is 5.75 Å². The average molecular weight is 507 g/mol. The lowest BCUT2D eigenvalue weighted by Gasteiger charge is -2.25. The van der Waals surface area contributed by atoms with Gasteiger partial charge in [-0.2, -0.15) is 0 Å². The molecule has 1 saturated heterocycles. The highest BCUT2D eigenvalue weighted by Crippen LogP contribution is 2.42. The lowest BCUT2D eigenvalue weighted by molar-refractivity contribution is -0.132. The normalized spacial score (nSPS) is 17.6. The first-order valence-corrected chi connectivity index (χ1v) is 11.3. The SMILES string of the molecule is COc1ccc(/C(O)=C2/C(=O)C(=O)N(c3ccc(Br)cc3)C2c2ccncc2)cc1C(C)C. The van der Waals surface area contributed by atoms with Crippen molar-refractivity contribution in [3.05, 3.63) is 93.7 Å². The molecule has 1 aliphatic rings. The molecule has 4 rings (SSSR count). The van der Waals surface area contributed by atoms with Gasteiger partial charge in [-0.15, -0.1) is 0 Å². The van der Waals surface area contributed by atoms with Crippen LogP contribution in [0.25, 0.3) is 5.76 Å². The molecule has 0 bridgehead atoms. The van der Waals surface area contributed by atoms with Gasteiger partial charge in [-0.3, -0.25) is 19.5 Å². The number of halogens is 1. The summed E-state index contributed by atoms with van der Waals surface area (Å²) in [4.78, 5) is 31.9. The number of anilines is 1. The van der Waals surface area contributed by atoms with E-state index in [9.17, 15) is 14.7 Å². The molecule has 1 fully saturated rings. The molecule has 3 aromatic rings. The molecule has 1 atom stereocenters. The summed E-state index contributed by atoms with van der Waals surface area (Å²) in [6.07, 6.45) is 3.20. The topological polar surface area (TPSA) is 79.7 Å². The Labute approximate surface area is 200 Å². The van der Waals surface area contributed by atoms with Gasteiger partial charge in [-0.1, -0.05) is 29.8 Å². The molecule has 7 heteroatoms. The van der Waals surface area contributed by atoms with Crippen molar-refractivity contribution in [1.82, 2.24) is 4.98 Å². The second kappa shape index (κ2) is 9.19. The summed E-state index contributed by atoms with van der Waals surface area (Å²) in [7, 11) is 1.59. The van der Waals surface area contributed by atoms with Crippen LogP contribution in [0.2, 0.25) is 0 Å². The van der Waals surface area contributed by atoms with E-state index in [1.807, 2.05) is 13.8 Å². The second-order valence-electron chi connectivity index (χ2n) is 8.04. The van der Waals surface area contributed by atoms with Crippen molar-refractivity contribution in [2.75, 3.05) is 12.0 Å². The summed E-state index contributed by atoms with van der Waals surface area (Å²) in [5.74, 6) is -0.826. The first-order valence-electron chi connectivity index (χ1n) is 10.5. The Morgan fingerprint density at radius 1 is 1.06 bits per heavy atom. The van der Waals surface area contributed by atoms with Crippen LogP contribution >= 0.6 is 15.9 Å². The number of Topliss-reactive ketones (excluding diaryl/α,β-unsaturated/α-hetero) is 1. The van der Waals surface area contributed by atoms with Crippen molar-refractivity contribution in [3.8, 4) is 5.75 Å². The molecular weight excluding hydrogens is 484 g/mol. The van der Waals surface area contributed by atoms with Gasteiger partial charge in [0.25, 0.3) is 11.7 Å². The zero-order valence-electron chi connectivity index (χ0n) is 18.4. The predicted octanol–water partition coefficient (Wildman–Crippen LogP) is 5.60. The molecule has 1 aromatic heterocycles. The smallest absolute Gasteiger partial charge is 0.300 e. The lowest BCUT2D eigenvalue weighted by Crippen LogP contribution is -2.29. The van der Waals surface area contributed by atoms with Crippen LogP contribution < -0.4 is 9.64 Å². The Bertz CT molecular complexity index is 1240. The average Bonchev–Trinajstić information content (AvgIpc) is 3.09. The monoisotopic (exact) mass is 506 g/mol. The third kappa shape index (κ3) is 4.16. The molecule has 1 amide bonds. The maximum atomic E-state index is 13.2. The van der Waals surface area contributed by atoms with Crippen molar-refractivity contribution in [1.29, 1.82) is 0 Å². The van der Waals surface area contributed by atoms with E-state index in [-0.39, 0.29) is 17.3 Å². The second-order valence-corrected chi connectivity index (χ2v) is 8.95. The number of hydrogen-bond donors (Lipinski definition) is 1. The number of nitrogens with zero attached hydrogens (tertiary/aromatic N) is 2. The van der Waals surface area contributed by atoms with Gasteiger partial charge in [-0.05, 0) is 71.6 Å². The number of aliphatic hydroxyl groups excluding tert-OH is 1. The molecule has 33 heavy (non-hydrogen) atoms. The largest absolute Gasteiger partial charge is 0.507 e. The highest BCUT2D eigenvalue weighted by molar-refractivity contribution is 9.10. The molecule has 2 heterocycles. The van der Waals surface area contributed by atoms with E-state index < -0.39 is 17.7 Å². The van der Waals surface area contributed by atoms with E-state index in [0.717, 1.165) is 10.0 Å². The third-order valence-corrected chi connectivity index (χ3v) is 6.22. The summed E-state index contributed by atoms with van der Waals surface area (Å²) in [5.41, 5.74) is 2.61. The number of aliphatic hydroxyl groups is 1. The fourth-order valence-electron chi connectivity index (χ4n) is 4.05. The summed E-state index contributed by atoms with van der Waals surface area (Å²) in [5, 5.41) is 11.3. The van der Waals surface area contributed by atoms with Crippen LogP contribution in [-0.2, 0) is 9.59 Å². The van der Waals surface area contributed by atoms with Crippen molar-refractivity contribution < 1.29 is 19.4 Å². The fraction of sp³-hybridized carbons (Fsp3) is 0.192. The Kier molecular flexibility index (Phi) is 6.33. The quantitative estimate of drug-likeness (QED) is 0.276. The number of amides is 1. The van der Waals surface area contributed by atoms with Gasteiger partial charge in [0.1, 0.15) is 11.5 Å². The number of hydrogen-bond acceptors (Lipinski definition) is 5. The van der Waals surface area contributed by atoms with Crippen molar-refractivity contribution in [3.63, 3.8) is 0 Å². The van der Waals surface area contributed by atoms with Crippen molar-refractivity contribution in [2.45, 2.75) is 25.8 Å². The molecule has 1 N–H and O–H groups in total. The van der Waals surface area contributed by atoms with Crippen LogP contribution in [0.3, 0.4) is 0 Å². The Balaban J connectivity index is 1.93. The highest BCUT2D eigenvalue weighted by Gasteiger charge is 2.47. The number of rotatable bonds is 5. The van der Waals surface area contributed by atoms with Gasteiger partial charge in [0.2, 0.25) is 0 Å². The van der Waals surface area contributed by atoms with Crippen molar-refractivity contribution in [2.24, 2.45) is 0 Å². The summed E-state index contributed by atoms with van der Waals surface area (Å²) >= 11 is 3.40. The minimum absolute atomic E-state index is 0.0361.